The molecular formula is C11H12O4. The molecular weight excluding hydrogens is 196 g/mol. The summed E-state index contributed by atoms with van der Waals surface area (Å²) in [5, 5.41) is 8.92. The monoisotopic (exact) mass is 208 g/mol. The Morgan fingerprint density at radius 3 is 2.20 bits per heavy atom. The smallest absolute Gasteiger partial charge is 0.336 e. The largest absolute Gasteiger partial charge is 0.497 e. The van der Waals surface area contributed by atoms with Crippen molar-refractivity contribution in [3.63, 3.8) is 0 Å². The summed E-state index contributed by atoms with van der Waals surface area (Å²) in [6.07, 6.45) is 0. The van der Waals surface area contributed by atoms with Crippen LogP contribution < -0.4 is 4.74 Å². The van der Waals surface area contributed by atoms with Gasteiger partial charge in [-0.2, -0.15) is 0 Å². The molecule has 0 fully saturated rings. The summed E-state index contributed by atoms with van der Waals surface area (Å²) >= 11 is 0. The highest BCUT2D eigenvalue weighted by molar-refractivity contribution is 6.00. The Bertz CT molecular complexity index is 386. The van der Waals surface area contributed by atoms with Gasteiger partial charge < -0.3 is 9.84 Å². The lowest BCUT2D eigenvalue weighted by Crippen LogP contribution is -2.06. The highest BCUT2D eigenvalue weighted by Gasteiger charge is 2.15. The minimum Gasteiger partial charge on any atom is -0.497 e. The number of methoxy groups -OCH3 is 1. The second-order valence-corrected chi connectivity index (χ2v) is 3.21. The van der Waals surface area contributed by atoms with Gasteiger partial charge in [-0.25, -0.2) is 4.79 Å². The summed E-state index contributed by atoms with van der Waals surface area (Å²) in [6.45, 7) is 3.01. The van der Waals surface area contributed by atoms with Crippen LogP contribution in [0.25, 0.3) is 0 Å². The van der Waals surface area contributed by atoms with Crippen molar-refractivity contribution in [2.75, 3.05) is 7.11 Å². The molecule has 0 saturated heterocycles. The van der Waals surface area contributed by atoms with Crippen molar-refractivity contribution in [2.24, 2.45) is 0 Å². The molecule has 1 aromatic rings. The van der Waals surface area contributed by atoms with Gasteiger partial charge in [-0.15, -0.1) is 0 Å². The topological polar surface area (TPSA) is 63.6 Å². The number of aromatic carboxylic acids is 1. The lowest BCUT2D eigenvalue weighted by molar-refractivity contribution is 0.0695. The maximum absolute atomic E-state index is 11.3. The van der Waals surface area contributed by atoms with Crippen LogP contribution in [-0.4, -0.2) is 24.0 Å². The van der Waals surface area contributed by atoms with Gasteiger partial charge in [-0.1, -0.05) is 0 Å². The van der Waals surface area contributed by atoms with E-state index in [4.69, 9.17) is 9.84 Å². The average Bonchev–Trinajstić information content (AvgIpc) is 2.17. The van der Waals surface area contributed by atoms with Crippen LogP contribution in [0.15, 0.2) is 12.1 Å². The Morgan fingerprint density at radius 2 is 1.80 bits per heavy atom. The number of Topliss-reactive ketones (excluding diaryl/α,β-unsaturated/α-hetero) is 1. The molecule has 0 aliphatic heterocycles. The molecule has 0 radical (unpaired) electrons. The molecule has 1 aromatic carbocycles. The number of ether oxygens (including phenoxy) is 1. The van der Waals surface area contributed by atoms with Gasteiger partial charge in [-0.3, -0.25) is 4.79 Å². The van der Waals surface area contributed by atoms with Crippen LogP contribution in [0.1, 0.15) is 33.2 Å². The molecule has 0 aliphatic carbocycles. The van der Waals surface area contributed by atoms with Gasteiger partial charge in [0.1, 0.15) is 5.75 Å². The van der Waals surface area contributed by atoms with Crippen molar-refractivity contribution < 1.29 is 19.4 Å². The Morgan fingerprint density at radius 1 is 1.27 bits per heavy atom. The van der Waals surface area contributed by atoms with E-state index in [1.54, 1.807) is 13.0 Å². The zero-order valence-corrected chi connectivity index (χ0v) is 8.83. The second-order valence-electron chi connectivity index (χ2n) is 3.21. The Labute approximate surface area is 87.5 Å². The summed E-state index contributed by atoms with van der Waals surface area (Å²) in [4.78, 5) is 22.2. The number of hydrogen-bond donors (Lipinski definition) is 1. The standard InChI is InChI=1S/C11H12O4/c1-6-9(7(2)12)4-8(15-3)5-10(6)11(13)14/h4-5H,1-3H3,(H,13,14). The zero-order valence-electron chi connectivity index (χ0n) is 8.83. The van der Waals surface area contributed by atoms with Gasteiger partial charge in [0.15, 0.2) is 5.78 Å². The van der Waals surface area contributed by atoms with Gasteiger partial charge in [0, 0.05) is 5.56 Å². The molecule has 0 aromatic heterocycles. The summed E-state index contributed by atoms with van der Waals surface area (Å²) in [5.41, 5.74) is 0.946. The number of rotatable bonds is 3. The van der Waals surface area contributed by atoms with E-state index < -0.39 is 5.97 Å². The fourth-order valence-electron chi connectivity index (χ4n) is 1.39. The molecule has 1 N–H and O–H groups in total. The summed E-state index contributed by atoms with van der Waals surface area (Å²) < 4.78 is 4.94. The van der Waals surface area contributed by atoms with E-state index in [0.717, 1.165) is 0 Å². The summed E-state index contributed by atoms with van der Waals surface area (Å²) in [6, 6.07) is 2.95. The molecule has 0 unspecified atom stereocenters. The fourth-order valence-corrected chi connectivity index (χ4v) is 1.39. The number of carboxylic acids is 1. The van der Waals surface area contributed by atoms with E-state index in [1.165, 1.54) is 20.1 Å². The molecule has 0 bridgehead atoms. The van der Waals surface area contributed by atoms with E-state index >= 15 is 0 Å². The first-order valence-electron chi connectivity index (χ1n) is 4.40. The number of ketones is 1. The van der Waals surface area contributed by atoms with E-state index in [-0.39, 0.29) is 11.3 Å². The van der Waals surface area contributed by atoms with Crippen LogP contribution in [0.4, 0.5) is 0 Å². The van der Waals surface area contributed by atoms with Crippen molar-refractivity contribution >= 4 is 11.8 Å². The molecule has 0 aliphatic rings. The second kappa shape index (κ2) is 4.13. The summed E-state index contributed by atoms with van der Waals surface area (Å²) in [7, 11) is 1.43. The van der Waals surface area contributed by atoms with Crippen molar-refractivity contribution in [1.29, 1.82) is 0 Å². The maximum Gasteiger partial charge on any atom is 0.336 e. The van der Waals surface area contributed by atoms with Crippen molar-refractivity contribution in [3.8, 4) is 5.75 Å². The molecule has 15 heavy (non-hydrogen) atoms. The lowest BCUT2D eigenvalue weighted by atomic mass is 9.99. The molecule has 0 amide bonds. The van der Waals surface area contributed by atoms with E-state index in [1.807, 2.05) is 0 Å². The SMILES string of the molecule is COc1cc(C(C)=O)c(C)c(C(=O)O)c1. The predicted octanol–water partition coefficient (Wildman–Crippen LogP) is 1.90. The number of hydrogen-bond acceptors (Lipinski definition) is 3. The minimum absolute atomic E-state index is 0.0968. The van der Waals surface area contributed by atoms with Crippen molar-refractivity contribution in [2.45, 2.75) is 13.8 Å². The van der Waals surface area contributed by atoms with Gasteiger partial charge in [0.05, 0.1) is 12.7 Å². The molecule has 1 rings (SSSR count). The highest BCUT2D eigenvalue weighted by Crippen LogP contribution is 2.22. The van der Waals surface area contributed by atoms with Crippen molar-refractivity contribution in [3.05, 3.63) is 28.8 Å². The number of carboxylic acid groups (broad SMARTS) is 1. The average molecular weight is 208 g/mol. The number of benzene rings is 1. The Kier molecular flexibility index (Phi) is 3.09. The maximum atomic E-state index is 11.3. The van der Waals surface area contributed by atoms with Crippen LogP contribution in [-0.2, 0) is 0 Å². The third-order valence-electron chi connectivity index (χ3n) is 2.23. The number of carbonyl (C=O) groups excluding carboxylic acids is 1. The quantitative estimate of drug-likeness (QED) is 0.770. The van der Waals surface area contributed by atoms with Crippen LogP contribution in [0, 0.1) is 6.92 Å². The lowest BCUT2D eigenvalue weighted by Gasteiger charge is -2.09. The highest BCUT2D eigenvalue weighted by atomic mass is 16.5. The minimum atomic E-state index is -1.06. The van der Waals surface area contributed by atoms with Crippen LogP contribution in [0.2, 0.25) is 0 Å². The molecule has 4 nitrogen and oxygen atoms in total. The Hall–Kier alpha value is -1.84. The zero-order chi connectivity index (χ0) is 11.6. The number of carbonyl (C=O) groups is 2. The van der Waals surface area contributed by atoms with E-state index in [9.17, 15) is 9.59 Å². The predicted molar refractivity (Wildman–Crippen MR) is 54.7 cm³/mol. The van der Waals surface area contributed by atoms with Gasteiger partial charge in [0.25, 0.3) is 0 Å². The van der Waals surface area contributed by atoms with Crippen LogP contribution in [0.5, 0.6) is 5.75 Å². The molecule has 4 heteroatoms. The summed E-state index contributed by atoms with van der Waals surface area (Å²) in [5.74, 6) is -0.856. The normalized spacial score (nSPS) is 9.80. The van der Waals surface area contributed by atoms with Gasteiger partial charge in [0.2, 0.25) is 0 Å². The Balaban J connectivity index is 3.47. The molecule has 0 saturated carbocycles. The van der Waals surface area contributed by atoms with E-state index in [0.29, 0.717) is 16.9 Å². The van der Waals surface area contributed by atoms with Crippen LogP contribution in [0.3, 0.4) is 0 Å². The molecule has 80 valence electrons. The van der Waals surface area contributed by atoms with Crippen molar-refractivity contribution in [1.82, 2.24) is 0 Å². The first kappa shape index (κ1) is 11.2. The molecule has 0 spiro atoms. The third kappa shape index (κ3) is 2.15. The molecule has 0 heterocycles. The van der Waals surface area contributed by atoms with Gasteiger partial charge in [-0.05, 0) is 31.5 Å². The first-order chi connectivity index (χ1) is 6.97. The van der Waals surface area contributed by atoms with Crippen LogP contribution >= 0.6 is 0 Å². The molecule has 0 atom stereocenters. The van der Waals surface area contributed by atoms with Gasteiger partial charge >= 0.3 is 5.97 Å². The fraction of sp³-hybridized carbons (Fsp3) is 0.273. The third-order valence-corrected chi connectivity index (χ3v) is 2.23. The first-order valence-corrected chi connectivity index (χ1v) is 4.40. The van der Waals surface area contributed by atoms with E-state index in [2.05, 4.69) is 0 Å².